The fraction of sp³-hybridized carbons (Fsp3) is 0.182. The molecule has 2 heterocycles. The standard InChI is InChI=1S/C22H18N4O6/c1-12-18(11-15-10-17(30-3)8-9-19(15)23-12)22(27)31-13(2)20-24-25-21(32-20)14-4-6-16(7-5-14)26(28)29/h4-11,13H,1-3H3. The number of pyridine rings is 1. The van der Waals surface area contributed by atoms with Crippen LogP contribution in [-0.2, 0) is 4.74 Å². The third-order valence-electron chi connectivity index (χ3n) is 4.83. The zero-order valence-electron chi connectivity index (χ0n) is 17.4. The third kappa shape index (κ3) is 4.10. The summed E-state index contributed by atoms with van der Waals surface area (Å²) >= 11 is 0. The van der Waals surface area contributed by atoms with E-state index in [9.17, 15) is 14.9 Å². The van der Waals surface area contributed by atoms with Gasteiger partial charge in [0.1, 0.15) is 5.75 Å². The summed E-state index contributed by atoms with van der Waals surface area (Å²) in [6.45, 7) is 3.34. The SMILES string of the molecule is COc1ccc2nc(C)c(C(=O)OC(C)c3nnc(-c4ccc([N+](=O)[O-])cc4)o3)cc2c1. The summed E-state index contributed by atoms with van der Waals surface area (Å²) in [5, 5.41) is 19.4. The Morgan fingerprint density at radius 1 is 1.12 bits per heavy atom. The van der Waals surface area contributed by atoms with Crippen LogP contribution in [0.3, 0.4) is 0 Å². The number of ether oxygens (including phenoxy) is 2. The number of hydrogen-bond acceptors (Lipinski definition) is 9. The Morgan fingerprint density at radius 2 is 1.88 bits per heavy atom. The van der Waals surface area contributed by atoms with E-state index in [-0.39, 0.29) is 17.5 Å². The molecule has 0 amide bonds. The number of esters is 1. The van der Waals surface area contributed by atoms with Gasteiger partial charge >= 0.3 is 5.97 Å². The molecule has 0 bridgehead atoms. The minimum Gasteiger partial charge on any atom is -0.497 e. The second kappa shape index (κ2) is 8.42. The van der Waals surface area contributed by atoms with E-state index in [0.29, 0.717) is 22.6 Å². The maximum Gasteiger partial charge on any atom is 0.340 e. The molecule has 32 heavy (non-hydrogen) atoms. The Hall–Kier alpha value is -4.34. The summed E-state index contributed by atoms with van der Waals surface area (Å²) in [5.41, 5.74) is 2.03. The predicted octanol–water partition coefficient (Wildman–Crippen LogP) is 4.43. The minimum absolute atomic E-state index is 0.0484. The quantitative estimate of drug-likeness (QED) is 0.246. The highest BCUT2D eigenvalue weighted by Crippen LogP contribution is 2.26. The highest BCUT2D eigenvalue weighted by atomic mass is 16.6. The van der Waals surface area contributed by atoms with Crippen LogP contribution in [0.5, 0.6) is 5.75 Å². The van der Waals surface area contributed by atoms with Gasteiger partial charge in [0.2, 0.25) is 5.89 Å². The van der Waals surface area contributed by atoms with E-state index >= 15 is 0 Å². The topological polar surface area (TPSA) is 130 Å². The molecule has 0 saturated heterocycles. The van der Waals surface area contributed by atoms with Crippen LogP contribution in [0.4, 0.5) is 5.69 Å². The maximum atomic E-state index is 12.8. The summed E-state index contributed by atoms with van der Waals surface area (Å²) in [6.07, 6.45) is -0.817. The molecular weight excluding hydrogens is 416 g/mol. The van der Waals surface area contributed by atoms with Crippen LogP contribution >= 0.6 is 0 Å². The van der Waals surface area contributed by atoms with Crippen molar-refractivity contribution < 1.29 is 23.6 Å². The van der Waals surface area contributed by atoms with Crippen molar-refractivity contribution in [2.45, 2.75) is 20.0 Å². The zero-order chi connectivity index (χ0) is 22.8. The first-order valence-corrected chi connectivity index (χ1v) is 9.60. The molecule has 162 valence electrons. The highest BCUT2D eigenvalue weighted by Gasteiger charge is 2.22. The van der Waals surface area contributed by atoms with Crippen molar-refractivity contribution in [2.75, 3.05) is 7.11 Å². The van der Waals surface area contributed by atoms with E-state index < -0.39 is 17.0 Å². The number of carbonyl (C=O) groups is 1. The first-order chi connectivity index (χ1) is 15.4. The fourth-order valence-corrected chi connectivity index (χ4v) is 3.10. The second-order valence-corrected chi connectivity index (χ2v) is 6.98. The Balaban J connectivity index is 1.53. The van der Waals surface area contributed by atoms with Crippen molar-refractivity contribution in [1.29, 1.82) is 0 Å². The molecule has 10 heteroatoms. The average molecular weight is 434 g/mol. The number of aryl methyl sites for hydroxylation is 1. The van der Waals surface area contributed by atoms with Gasteiger partial charge in [0.25, 0.3) is 11.6 Å². The molecular formula is C22H18N4O6. The smallest absolute Gasteiger partial charge is 0.340 e. The molecule has 0 saturated carbocycles. The van der Waals surface area contributed by atoms with Crippen molar-refractivity contribution in [3.05, 3.63) is 75.8 Å². The average Bonchev–Trinajstić information content (AvgIpc) is 3.29. The minimum atomic E-state index is -0.817. The van der Waals surface area contributed by atoms with Crippen LogP contribution in [0, 0.1) is 17.0 Å². The zero-order valence-corrected chi connectivity index (χ0v) is 17.4. The molecule has 1 atom stereocenters. The first kappa shape index (κ1) is 20.9. The van der Waals surface area contributed by atoms with Crippen molar-refractivity contribution in [2.24, 2.45) is 0 Å². The van der Waals surface area contributed by atoms with Crippen LogP contribution in [0.1, 0.15) is 35.0 Å². The number of methoxy groups -OCH3 is 1. The molecule has 0 spiro atoms. The van der Waals surface area contributed by atoms with E-state index in [4.69, 9.17) is 13.9 Å². The van der Waals surface area contributed by atoms with Crippen LogP contribution in [0.25, 0.3) is 22.4 Å². The number of hydrogen-bond donors (Lipinski definition) is 0. The third-order valence-corrected chi connectivity index (χ3v) is 4.83. The van der Waals surface area contributed by atoms with Crippen molar-refractivity contribution in [1.82, 2.24) is 15.2 Å². The Labute approximate surface area is 182 Å². The predicted molar refractivity (Wildman–Crippen MR) is 113 cm³/mol. The van der Waals surface area contributed by atoms with E-state index in [2.05, 4.69) is 15.2 Å². The molecule has 4 aromatic rings. The summed E-state index contributed by atoms with van der Waals surface area (Å²) in [7, 11) is 1.56. The first-order valence-electron chi connectivity index (χ1n) is 9.60. The molecule has 0 N–H and O–H groups in total. The van der Waals surface area contributed by atoms with Crippen LogP contribution in [0.2, 0.25) is 0 Å². The molecule has 10 nitrogen and oxygen atoms in total. The lowest BCUT2D eigenvalue weighted by molar-refractivity contribution is -0.384. The van der Waals surface area contributed by atoms with Crippen molar-refractivity contribution in [3.8, 4) is 17.2 Å². The lowest BCUT2D eigenvalue weighted by Crippen LogP contribution is -2.12. The van der Waals surface area contributed by atoms with Crippen LogP contribution in [-0.4, -0.2) is 33.2 Å². The van der Waals surface area contributed by atoms with Crippen LogP contribution in [0.15, 0.2) is 52.9 Å². The molecule has 1 unspecified atom stereocenters. The van der Waals surface area contributed by atoms with Gasteiger partial charge in [-0.3, -0.25) is 15.1 Å². The number of non-ortho nitro benzene ring substituents is 1. The fourth-order valence-electron chi connectivity index (χ4n) is 3.10. The number of rotatable bonds is 6. The molecule has 0 aliphatic heterocycles. The summed E-state index contributed by atoms with van der Waals surface area (Å²) < 4.78 is 16.3. The lowest BCUT2D eigenvalue weighted by atomic mass is 10.1. The molecule has 0 aliphatic carbocycles. The van der Waals surface area contributed by atoms with Gasteiger partial charge in [-0.15, -0.1) is 10.2 Å². The number of carbonyl (C=O) groups excluding carboxylic acids is 1. The van der Waals surface area contributed by atoms with Crippen molar-refractivity contribution in [3.63, 3.8) is 0 Å². The van der Waals surface area contributed by atoms with E-state index in [1.165, 1.54) is 24.3 Å². The van der Waals surface area contributed by atoms with E-state index in [1.807, 2.05) is 6.07 Å². The lowest BCUT2D eigenvalue weighted by Gasteiger charge is -2.12. The molecule has 0 fully saturated rings. The Bertz CT molecular complexity index is 1320. The van der Waals surface area contributed by atoms with E-state index in [0.717, 1.165) is 10.9 Å². The number of fused-ring (bicyclic) bond motifs is 1. The van der Waals surface area contributed by atoms with Gasteiger partial charge in [-0.25, -0.2) is 4.79 Å². The number of nitro groups is 1. The molecule has 2 aromatic carbocycles. The van der Waals surface area contributed by atoms with E-state index in [1.54, 1.807) is 39.2 Å². The van der Waals surface area contributed by atoms with Gasteiger partial charge in [0.15, 0.2) is 6.10 Å². The number of aromatic nitrogens is 3. The number of nitrogens with zero attached hydrogens (tertiary/aromatic N) is 4. The number of nitro benzene ring substituents is 1. The normalized spacial score (nSPS) is 11.8. The summed E-state index contributed by atoms with van der Waals surface area (Å²) in [5.74, 6) is 0.330. The van der Waals surface area contributed by atoms with Crippen molar-refractivity contribution >= 4 is 22.6 Å². The summed E-state index contributed by atoms with van der Waals surface area (Å²) in [6, 6.07) is 12.8. The maximum absolute atomic E-state index is 12.8. The number of benzene rings is 2. The molecule has 4 rings (SSSR count). The molecule has 0 radical (unpaired) electrons. The largest absolute Gasteiger partial charge is 0.497 e. The van der Waals surface area contributed by atoms with Gasteiger partial charge < -0.3 is 13.9 Å². The molecule has 2 aromatic heterocycles. The monoisotopic (exact) mass is 434 g/mol. The Kier molecular flexibility index (Phi) is 5.50. The molecule has 0 aliphatic rings. The van der Waals surface area contributed by atoms with Gasteiger partial charge in [-0.05, 0) is 50.2 Å². The van der Waals surface area contributed by atoms with Gasteiger partial charge in [0, 0.05) is 23.1 Å². The Morgan fingerprint density at radius 3 is 2.56 bits per heavy atom. The van der Waals surface area contributed by atoms with Gasteiger partial charge in [-0.2, -0.15) is 0 Å². The van der Waals surface area contributed by atoms with Gasteiger partial charge in [-0.1, -0.05) is 0 Å². The second-order valence-electron chi connectivity index (χ2n) is 6.98. The highest BCUT2D eigenvalue weighted by molar-refractivity contribution is 5.95. The summed E-state index contributed by atoms with van der Waals surface area (Å²) in [4.78, 5) is 27.5. The van der Waals surface area contributed by atoms with Gasteiger partial charge in [0.05, 0.1) is 28.8 Å². The van der Waals surface area contributed by atoms with Crippen LogP contribution < -0.4 is 4.74 Å².